The van der Waals surface area contributed by atoms with E-state index in [1.165, 1.54) is 5.69 Å². The van der Waals surface area contributed by atoms with Crippen LogP contribution in [0.25, 0.3) is 0 Å². The van der Waals surface area contributed by atoms with Gasteiger partial charge < -0.3 is 22.6 Å². The molecule has 1 aromatic heterocycles. The quantitative estimate of drug-likeness (QED) is 0.690. The van der Waals surface area contributed by atoms with E-state index in [-0.39, 0.29) is 12.4 Å². The van der Waals surface area contributed by atoms with Gasteiger partial charge in [-0.1, -0.05) is 5.11 Å². The van der Waals surface area contributed by atoms with Crippen molar-refractivity contribution >= 4 is 17.3 Å². The molecule has 7 heteroatoms. The predicted molar refractivity (Wildman–Crippen MR) is 79.8 cm³/mol. The van der Waals surface area contributed by atoms with Crippen molar-refractivity contribution < 1.29 is 17.4 Å². The van der Waals surface area contributed by atoms with E-state index in [1.807, 2.05) is 43.2 Å². The minimum Gasteiger partial charge on any atom is -1.00 e. The number of azo groups is 1. The van der Waals surface area contributed by atoms with E-state index in [4.69, 9.17) is 0 Å². The van der Waals surface area contributed by atoms with E-state index in [0.29, 0.717) is 0 Å². The maximum atomic E-state index is 4.21. The summed E-state index contributed by atoms with van der Waals surface area (Å²) in [6, 6.07) is 8.05. The maximum absolute atomic E-state index is 4.21. The van der Waals surface area contributed by atoms with E-state index >= 15 is 0 Å². The third-order valence-electron chi connectivity index (χ3n) is 3.09. The Morgan fingerprint density at radius 2 is 1.95 bits per heavy atom. The molecule has 0 bridgehead atoms. The lowest BCUT2D eigenvalue weighted by Crippen LogP contribution is -3.00. The Hall–Kier alpha value is -1.92. The van der Waals surface area contributed by atoms with Gasteiger partial charge in [0.15, 0.2) is 0 Å². The van der Waals surface area contributed by atoms with Crippen LogP contribution in [0, 0.1) is 0 Å². The molecule has 0 fully saturated rings. The van der Waals surface area contributed by atoms with Crippen molar-refractivity contribution in [3.05, 3.63) is 36.7 Å². The Labute approximate surface area is 131 Å². The van der Waals surface area contributed by atoms with Gasteiger partial charge in [0, 0.05) is 30.9 Å². The lowest BCUT2D eigenvalue weighted by molar-refractivity contribution is -0.362. The summed E-state index contributed by atoms with van der Waals surface area (Å²) in [5, 5.41) is 11.5. The van der Waals surface area contributed by atoms with Crippen LogP contribution < -0.4 is 27.6 Å². The van der Waals surface area contributed by atoms with E-state index in [2.05, 4.69) is 44.6 Å². The number of rotatable bonds is 6. The monoisotopic (exact) mass is 308 g/mol. The summed E-state index contributed by atoms with van der Waals surface area (Å²) in [4.78, 5) is 5.21. The number of anilines is 1. The molecule has 0 atom stereocenters. The van der Waals surface area contributed by atoms with Gasteiger partial charge in [-0.3, -0.25) is 0 Å². The number of likely N-dealkylation sites (N-methyl/N-ethyl adjacent to an activating group) is 2. The zero-order chi connectivity index (χ0) is 14.4. The molecule has 0 saturated heterocycles. The molecule has 1 aromatic carbocycles. The van der Waals surface area contributed by atoms with Crippen LogP contribution in [0.1, 0.15) is 0 Å². The van der Waals surface area contributed by atoms with Crippen LogP contribution in [0.3, 0.4) is 0 Å². The number of aryl methyl sites for hydroxylation is 1. The summed E-state index contributed by atoms with van der Waals surface area (Å²) in [5.41, 5.74) is 2.01. The molecule has 0 spiro atoms. The smallest absolute Gasteiger partial charge is 0.418 e. The molecular formula is C14H21ClN6. The predicted octanol–water partition coefficient (Wildman–Crippen LogP) is -1.09. The number of benzene rings is 1. The van der Waals surface area contributed by atoms with Gasteiger partial charge in [0.1, 0.15) is 5.69 Å². The summed E-state index contributed by atoms with van der Waals surface area (Å²) >= 11 is 0. The summed E-state index contributed by atoms with van der Waals surface area (Å²) < 4.78 is 1.88. The Balaban J connectivity index is 0.00000220. The van der Waals surface area contributed by atoms with Crippen LogP contribution in [0.5, 0.6) is 0 Å². The second-order valence-electron chi connectivity index (χ2n) is 4.64. The molecule has 0 saturated carbocycles. The lowest BCUT2D eigenvalue weighted by Gasteiger charge is -2.18. The van der Waals surface area contributed by atoms with Gasteiger partial charge in [-0.25, -0.2) is 9.55 Å². The van der Waals surface area contributed by atoms with Crippen LogP contribution in [-0.2, 0) is 7.05 Å². The van der Waals surface area contributed by atoms with E-state index in [0.717, 1.165) is 24.7 Å². The Bertz CT molecular complexity index is 563. The van der Waals surface area contributed by atoms with Crippen LogP contribution in [0.15, 0.2) is 46.9 Å². The molecule has 2 rings (SSSR count). The molecule has 6 nitrogen and oxygen atoms in total. The largest absolute Gasteiger partial charge is 1.00 e. The zero-order valence-corrected chi connectivity index (χ0v) is 13.3. The second kappa shape index (κ2) is 8.39. The lowest BCUT2D eigenvalue weighted by atomic mass is 10.2. The third-order valence-corrected chi connectivity index (χ3v) is 3.09. The van der Waals surface area contributed by atoms with E-state index < -0.39 is 0 Å². The Kier molecular flexibility index (Phi) is 6.84. The molecule has 2 aromatic rings. The highest BCUT2D eigenvalue weighted by molar-refractivity contribution is 5.52. The van der Waals surface area contributed by atoms with Crippen LogP contribution in [0.4, 0.5) is 17.3 Å². The van der Waals surface area contributed by atoms with Gasteiger partial charge >= 0.3 is 5.95 Å². The van der Waals surface area contributed by atoms with Gasteiger partial charge in [0.25, 0.3) is 0 Å². The SMILES string of the molecule is CNCCN(C)c1ccc(N=Nc2[nH+]ccn2C)cc1.[Cl-]. The average molecular weight is 309 g/mol. The van der Waals surface area contributed by atoms with Crippen LogP contribution >= 0.6 is 0 Å². The van der Waals surface area contributed by atoms with Crippen molar-refractivity contribution in [1.82, 2.24) is 9.88 Å². The van der Waals surface area contributed by atoms with Crippen molar-refractivity contribution in [2.45, 2.75) is 0 Å². The van der Waals surface area contributed by atoms with Crippen molar-refractivity contribution in [3.8, 4) is 0 Å². The zero-order valence-electron chi connectivity index (χ0n) is 12.5. The van der Waals surface area contributed by atoms with Crippen molar-refractivity contribution in [1.29, 1.82) is 0 Å². The molecule has 0 amide bonds. The fourth-order valence-corrected chi connectivity index (χ4v) is 1.78. The molecule has 0 radical (unpaired) electrons. The number of H-pyrrole nitrogens is 1. The molecule has 1 heterocycles. The van der Waals surface area contributed by atoms with E-state index in [1.54, 1.807) is 0 Å². The Morgan fingerprint density at radius 1 is 1.24 bits per heavy atom. The third kappa shape index (κ3) is 4.84. The molecule has 21 heavy (non-hydrogen) atoms. The number of aromatic nitrogens is 2. The minimum atomic E-state index is 0. The highest BCUT2D eigenvalue weighted by atomic mass is 35.5. The fourth-order valence-electron chi connectivity index (χ4n) is 1.78. The fraction of sp³-hybridized carbons (Fsp3) is 0.357. The molecular weight excluding hydrogens is 288 g/mol. The molecule has 0 unspecified atom stereocenters. The number of imidazole rings is 1. The summed E-state index contributed by atoms with van der Waals surface area (Å²) in [5.74, 6) is 0.722. The summed E-state index contributed by atoms with van der Waals surface area (Å²) in [7, 11) is 5.95. The van der Waals surface area contributed by atoms with Gasteiger partial charge in [-0.05, 0) is 31.3 Å². The number of hydrogen-bond donors (Lipinski definition) is 1. The first kappa shape index (κ1) is 17.1. The topological polar surface area (TPSA) is 59.1 Å². The first-order valence-electron chi connectivity index (χ1n) is 6.61. The first-order valence-corrected chi connectivity index (χ1v) is 6.61. The Morgan fingerprint density at radius 3 is 2.52 bits per heavy atom. The molecule has 2 N–H and O–H groups in total. The second-order valence-corrected chi connectivity index (χ2v) is 4.64. The summed E-state index contributed by atoms with van der Waals surface area (Å²) in [6.07, 6.45) is 3.72. The highest BCUT2D eigenvalue weighted by Crippen LogP contribution is 2.20. The van der Waals surface area contributed by atoms with Crippen LogP contribution in [0.2, 0.25) is 0 Å². The van der Waals surface area contributed by atoms with Gasteiger partial charge in [0.2, 0.25) is 0 Å². The number of aromatic amines is 1. The van der Waals surface area contributed by atoms with Crippen molar-refractivity contribution in [3.63, 3.8) is 0 Å². The van der Waals surface area contributed by atoms with Crippen molar-refractivity contribution in [2.75, 3.05) is 32.1 Å². The standard InChI is InChI=1S/C14H20N6.ClH/c1-15-8-10-19(2)13-6-4-12(5-7-13)17-18-14-16-9-11-20(14)3;/h4-7,9,11,15H,8,10H2,1-3H3;1H. The number of nitrogens with one attached hydrogen (secondary N) is 2. The molecule has 114 valence electrons. The maximum Gasteiger partial charge on any atom is 0.418 e. The van der Waals surface area contributed by atoms with E-state index in [9.17, 15) is 0 Å². The van der Waals surface area contributed by atoms with Gasteiger partial charge in [-0.15, -0.1) is 0 Å². The van der Waals surface area contributed by atoms with Crippen LogP contribution in [-0.4, -0.2) is 31.8 Å². The normalized spacial score (nSPS) is 10.6. The average Bonchev–Trinajstić information content (AvgIpc) is 2.88. The number of hydrogen-bond acceptors (Lipinski definition) is 4. The van der Waals surface area contributed by atoms with Gasteiger partial charge in [0.05, 0.1) is 19.4 Å². The molecule has 0 aliphatic heterocycles. The first-order chi connectivity index (χ1) is 9.70. The number of nitrogens with zero attached hydrogens (tertiary/aromatic N) is 4. The minimum absolute atomic E-state index is 0. The summed E-state index contributed by atoms with van der Waals surface area (Å²) in [6.45, 7) is 1.93. The number of halogens is 1. The van der Waals surface area contributed by atoms with Gasteiger partial charge in [-0.2, -0.15) is 0 Å². The van der Waals surface area contributed by atoms with Crippen molar-refractivity contribution in [2.24, 2.45) is 17.3 Å². The molecule has 0 aliphatic carbocycles. The highest BCUT2D eigenvalue weighted by Gasteiger charge is 2.05. The molecule has 0 aliphatic rings.